The van der Waals surface area contributed by atoms with Gasteiger partial charge in [-0.1, -0.05) is 25.1 Å². The highest BCUT2D eigenvalue weighted by molar-refractivity contribution is 5.96. The zero-order valence-electron chi connectivity index (χ0n) is 11.8. The minimum Gasteiger partial charge on any atom is -0.480 e. The lowest BCUT2D eigenvalue weighted by atomic mass is 10.3. The molecule has 1 saturated carbocycles. The van der Waals surface area contributed by atoms with Gasteiger partial charge in [0, 0.05) is 19.3 Å². The first-order valence-corrected chi connectivity index (χ1v) is 6.78. The maximum atomic E-state index is 12.4. The van der Waals surface area contributed by atoms with Crippen molar-refractivity contribution in [2.45, 2.75) is 13.3 Å². The summed E-state index contributed by atoms with van der Waals surface area (Å²) in [4.78, 5) is 26.3. The van der Waals surface area contributed by atoms with Crippen LogP contribution in [0, 0.1) is 11.8 Å². The topological polar surface area (TPSA) is 60.9 Å². The fourth-order valence-electron chi connectivity index (χ4n) is 2.30. The third-order valence-electron chi connectivity index (χ3n) is 3.70. The van der Waals surface area contributed by atoms with Crippen LogP contribution in [-0.4, -0.2) is 42.1 Å². The Kier molecular flexibility index (Phi) is 4.27. The van der Waals surface area contributed by atoms with Crippen LogP contribution >= 0.6 is 0 Å². The van der Waals surface area contributed by atoms with Crippen molar-refractivity contribution in [1.82, 2.24) is 4.90 Å². The number of carbonyl (C=O) groups excluding carboxylic acids is 1. The van der Waals surface area contributed by atoms with Crippen LogP contribution in [0.2, 0.25) is 0 Å². The molecule has 2 amide bonds. The molecule has 1 aromatic rings. The normalized spacial score (nSPS) is 20.3. The second-order valence-corrected chi connectivity index (χ2v) is 5.45. The summed E-state index contributed by atoms with van der Waals surface area (Å²) in [6.45, 7) is 2.52. The predicted octanol–water partition coefficient (Wildman–Crippen LogP) is 2.29. The van der Waals surface area contributed by atoms with E-state index in [0.717, 1.165) is 6.42 Å². The smallest absolute Gasteiger partial charge is 0.324 e. The third-order valence-corrected chi connectivity index (χ3v) is 3.70. The average Bonchev–Trinajstić information content (AvgIpc) is 3.11. The van der Waals surface area contributed by atoms with Gasteiger partial charge in [-0.05, 0) is 30.4 Å². The van der Waals surface area contributed by atoms with Crippen molar-refractivity contribution in [1.29, 1.82) is 0 Å². The molecule has 1 N–H and O–H groups in total. The summed E-state index contributed by atoms with van der Waals surface area (Å²) in [5.41, 5.74) is 0.607. The van der Waals surface area contributed by atoms with E-state index in [1.54, 1.807) is 36.2 Å². The summed E-state index contributed by atoms with van der Waals surface area (Å²) in [6.07, 6.45) is 1.14. The third kappa shape index (κ3) is 3.50. The molecule has 5 heteroatoms. The number of carboxylic acids is 1. The van der Waals surface area contributed by atoms with Crippen LogP contribution in [0.3, 0.4) is 0 Å². The average molecular weight is 276 g/mol. The number of para-hydroxylation sites is 1. The molecule has 1 aliphatic carbocycles. The van der Waals surface area contributed by atoms with Crippen molar-refractivity contribution in [3.8, 4) is 0 Å². The monoisotopic (exact) mass is 276 g/mol. The Hall–Kier alpha value is -2.04. The Bertz CT molecular complexity index is 489. The first-order chi connectivity index (χ1) is 9.49. The fraction of sp³-hybridized carbons (Fsp3) is 0.467. The van der Waals surface area contributed by atoms with Gasteiger partial charge in [-0.15, -0.1) is 0 Å². The molecule has 0 heterocycles. The summed E-state index contributed by atoms with van der Waals surface area (Å²) in [5.74, 6) is 0.191. The molecule has 5 nitrogen and oxygen atoms in total. The number of amides is 2. The number of carbonyl (C=O) groups is 2. The Labute approximate surface area is 118 Å². The van der Waals surface area contributed by atoms with E-state index < -0.39 is 5.97 Å². The Morgan fingerprint density at radius 1 is 1.30 bits per heavy atom. The van der Waals surface area contributed by atoms with E-state index in [0.29, 0.717) is 24.1 Å². The summed E-state index contributed by atoms with van der Waals surface area (Å²) in [7, 11) is 1.73. The number of urea groups is 1. The molecule has 0 radical (unpaired) electrons. The van der Waals surface area contributed by atoms with Gasteiger partial charge in [-0.25, -0.2) is 4.79 Å². The maximum absolute atomic E-state index is 12.4. The van der Waals surface area contributed by atoms with Gasteiger partial charge in [0.05, 0.1) is 0 Å². The van der Waals surface area contributed by atoms with Crippen LogP contribution < -0.4 is 4.90 Å². The van der Waals surface area contributed by atoms with Gasteiger partial charge in [0.2, 0.25) is 0 Å². The molecule has 0 bridgehead atoms. The Morgan fingerprint density at radius 2 is 1.90 bits per heavy atom. The van der Waals surface area contributed by atoms with Crippen LogP contribution in [0.4, 0.5) is 10.5 Å². The Morgan fingerprint density at radius 3 is 2.40 bits per heavy atom. The summed E-state index contributed by atoms with van der Waals surface area (Å²) in [5, 5.41) is 9.00. The van der Waals surface area contributed by atoms with E-state index in [2.05, 4.69) is 6.92 Å². The van der Waals surface area contributed by atoms with Gasteiger partial charge >= 0.3 is 12.0 Å². The highest BCUT2D eigenvalue weighted by Gasteiger charge is 2.35. The Balaban J connectivity index is 2.09. The summed E-state index contributed by atoms with van der Waals surface area (Å²) < 4.78 is 0. The van der Waals surface area contributed by atoms with Crippen molar-refractivity contribution >= 4 is 17.7 Å². The largest absolute Gasteiger partial charge is 0.480 e. The second-order valence-electron chi connectivity index (χ2n) is 5.45. The lowest BCUT2D eigenvalue weighted by Crippen LogP contribution is -2.44. The number of benzene rings is 1. The van der Waals surface area contributed by atoms with Crippen LogP contribution in [0.1, 0.15) is 13.3 Å². The van der Waals surface area contributed by atoms with Crippen molar-refractivity contribution < 1.29 is 14.7 Å². The SMILES string of the molecule is CC1CC1CN(C)C(=O)N(CC(=O)O)c1ccccc1. The van der Waals surface area contributed by atoms with Gasteiger partial charge in [-0.2, -0.15) is 0 Å². The number of anilines is 1. The number of carboxylic acid groups (broad SMARTS) is 1. The lowest BCUT2D eigenvalue weighted by Gasteiger charge is -2.27. The highest BCUT2D eigenvalue weighted by Crippen LogP contribution is 2.38. The van der Waals surface area contributed by atoms with Crippen LogP contribution in [0.5, 0.6) is 0 Å². The van der Waals surface area contributed by atoms with Crippen molar-refractivity contribution in [3.05, 3.63) is 30.3 Å². The molecule has 2 rings (SSSR count). The molecule has 0 saturated heterocycles. The fourth-order valence-corrected chi connectivity index (χ4v) is 2.30. The van der Waals surface area contributed by atoms with E-state index in [4.69, 9.17) is 5.11 Å². The standard InChI is InChI=1S/C15H20N2O3/c1-11-8-12(11)9-16(2)15(20)17(10-14(18)19)13-6-4-3-5-7-13/h3-7,11-12H,8-10H2,1-2H3,(H,18,19). The molecule has 2 atom stereocenters. The van der Waals surface area contributed by atoms with Gasteiger partial charge in [-0.3, -0.25) is 9.69 Å². The number of nitrogens with zero attached hydrogens (tertiary/aromatic N) is 2. The summed E-state index contributed by atoms with van der Waals surface area (Å²) in [6, 6.07) is 8.64. The first-order valence-electron chi connectivity index (χ1n) is 6.78. The van der Waals surface area contributed by atoms with Crippen LogP contribution in [0.15, 0.2) is 30.3 Å². The molecule has 108 valence electrons. The van der Waals surface area contributed by atoms with E-state index >= 15 is 0 Å². The molecule has 20 heavy (non-hydrogen) atoms. The molecular weight excluding hydrogens is 256 g/mol. The number of rotatable bonds is 5. The minimum atomic E-state index is -1.02. The molecule has 1 aliphatic rings. The molecule has 0 spiro atoms. The number of aliphatic carboxylic acids is 1. The van der Waals surface area contributed by atoms with Gasteiger partial charge in [0.1, 0.15) is 6.54 Å². The first kappa shape index (κ1) is 14.4. The molecule has 2 unspecified atom stereocenters. The van der Waals surface area contributed by atoms with Gasteiger partial charge < -0.3 is 10.0 Å². The molecular formula is C15H20N2O3. The highest BCUT2D eigenvalue weighted by atomic mass is 16.4. The van der Waals surface area contributed by atoms with Crippen molar-refractivity contribution in [3.63, 3.8) is 0 Å². The molecule has 0 aliphatic heterocycles. The molecule has 0 aromatic heterocycles. The lowest BCUT2D eigenvalue weighted by molar-refractivity contribution is -0.135. The van der Waals surface area contributed by atoms with E-state index in [1.807, 2.05) is 6.07 Å². The van der Waals surface area contributed by atoms with Gasteiger partial charge in [0.25, 0.3) is 0 Å². The predicted molar refractivity (Wildman–Crippen MR) is 76.7 cm³/mol. The zero-order valence-corrected chi connectivity index (χ0v) is 11.8. The van der Waals surface area contributed by atoms with Crippen LogP contribution in [0.25, 0.3) is 0 Å². The second kappa shape index (κ2) is 5.94. The van der Waals surface area contributed by atoms with Crippen molar-refractivity contribution in [2.24, 2.45) is 11.8 Å². The summed E-state index contributed by atoms with van der Waals surface area (Å²) >= 11 is 0. The quantitative estimate of drug-likeness (QED) is 0.897. The van der Waals surface area contributed by atoms with Crippen molar-refractivity contribution in [2.75, 3.05) is 25.0 Å². The minimum absolute atomic E-state index is 0.266. The molecule has 1 aromatic carbocycles. The molecule has 1 fully saturated rings. The zero-order chi connectivity index (χ0) is 14.7. The number of hydrogen-bond donors (Lipinski definition) is 1. The van der Waals surface area contributed by atoms with Crippen LogP contribution in [-0.2, 0) is 4.79 Å². The van der Waals surface area contributed by atoms with E-state index in [1.165, 1.54) is 4.90 Å². The maximum Gasteiger partial charge on any atom is 0.324 e. The van der Waals surface area contributed by atoms with E-state index in [-0.39, 0.29) is 12.6 Å². The number of hydrogen-bond acceptors (Lipinski definition) is 2. The van der Waals surface area contributed by atoms with Gasteiger partial charge in [0.15, 0.2) is 0 Å². The van der Waals surface area contributed by atoms with E-state index in [9.17, 15) is 9.59 Å².